The van der Waals surface area contributed by atoms with E-state index in [0.29, 0.717) is 11.8 Å². The number of nitrogens with zero attached hydrogens (tertiary/aromatic N) is 3. The highest BCUT2D eigenvalue weighted by molar-refractivity contribution is 7.09. The smallest absolute Gasteiger partial charge is 0.191 e. The molecule has 1 unspecified atom stereocenters. The van der Waals surface area contributed by atoms with E-state index in [1.165, 1.54) is 17.8 Å². The molecule has 1 fully saturated rings. The summed E-state index contributed by atoms with van der Waals surface area (Å²) in [5.74, 6) is 1.97. The van der Waals surface area contributed by atoms with Gasteiger partial charge in [0, 0.05) is 37.7 Å². The minimum absolute atomic E-state index is 0.479. The van der Waals surface area contributed by atoms with Gasteiger partial charge in [-0.3, -0.25) is 4.99 Å². The third-order valence-corrected chi connectivity index (χ3v) is 5.62. The van der Waals surface area contributed by atoms with Gasteiger partial charge in [-0.25, -0.2) is 4.98 Å². The predicted octanol–water partition coefficient (Wildman–Crippen LogP) is 3.46. The van der Waals surface area contributed by atoms with Gasteiger partial charge < -0.3 is 15.5 Å². The van der Waals surface area contributed by atoms with Crippen molar-refractivity contribution in [3.8, 4) is 0 Å². The molecule has 140 valence electrons. The van der Waals surface area contributed by atoms with Crippen molar-refractivity contribution in [1.29, 1.82) is 0 Å². The van der Waals surface area contributed by atoms with E-state index in [1.807, 2.05) is 7.05 Å². The van der Waals surface area contributed by atoms with Crippen molar-refractivity contribution in [3.63, 3.8) is 0 Å². The van der Waals surface area contributed by atoms with Gasteiger partial charge in [-0.2, -0.15) is 0 Å². The van der Waals surface area contributed by atoms with Gasteiger partial charge in [0.15, 0.2) is 5.96 Å². The van der Waals surface area contributed by atoms with E-state index in [-0.39, 0.29) is 0 Å². The van der Waals surface area contributed by atoms with Crippen molar-refractivity contribution >= 4 is 23.0 Å². The third-order valence-electron chi connectivity index (χ3n) is 4.76. The van der Waals surface area contributed by atoms with Crippen LogP contribution in [0, 0.1) is 5.92 Å². The number of hydrogen-bond donors (Lipinski definition) is 2. The van der Waals surface area contributed by atoms with Crippen LogP contribution in [0.2, 0.25) is 0 Å². The molecular weight excluding hydrogens is 342 g/mol. The highest BCUT2D eigenvalue weighted by Gasteiger charge is 2.22. The van der Waals surface area contributed by atoms with Crippen LogP contribution < -0.4 is 15.5 Å². The topological polar surface area (TPSA) is 52.6 Å². The molecule has 2 aromatic rings. The maximum atomic E-state index is 4.66. The van der Waals surface area contributed by atoms with E-state index in [0.717, 1.165) is 37.1 Å². The van der Waals surface area contributed by atoms with Gasteiger partial charge in [0.05, 0.1) is 12.2 Å². The van der Waals surface area contributed by atoms with Gasteiger partial charge in [0.1, 0.15) is 5.01 Å². The molecule has 0 saturated carbocycles. The van der Waals surface area contributed by atoms with E-state index >= 15 is 0 Å². The fourth-order valence-electron chi connectivity index (χ4n) is 3.17. The first kappa shape index (κ1) is 18.7. The van der Waals surface area contributed by atoms with Crippen LogP contribution >= 0.6 is 11.3 Å². The predicted molar refractivity (Wildman–Crippen MR) is 111 cm³/mol. The quantitative estimate of drug-likeness (QED) is 0.603. The third kappa shape index (κ3) is 4.97. The number of nitrogens with one attached hydrogen (secondary N) is 2. The zero-order chi connectivity index (χ0) is 18.4. The van der Waals surface area contributed by atoms with Gasteiger partial charge in [0.2, 0.25) is 0 Å². The number of anilines is 1. The molecule has 0 bridgehead atoms. The van der Waals surface area contributed by atoms with Gasteiger partial charge in [-0.15, -0.1) is 11.3 Å². The van der Waals surface area contributed by atoms with E-state index < -0.39 is 0 Å². The summed E-state index contributed by atoms with van der Waals surface area (Å²) in [4.78, 5) is 11.5. The first-order chi connectivity index (χ1) is 12.7. The molecule has 3 rings (SSSR count). The summed E-state index contributed by atoms with van der Waals surface area (Å²) in [5.41, 5.74) is 2.49. The van der Waals surface area contributed by atoms with Crippen molar-refractivity contribution < 1.29 is 0 Å². The fraction of sp³-hybridized carbons (Fsp3) is 0.500. The summed E-state index contributed by atoms with van der Waals surface area (Å²) < 4.78 is 0. The molecule has 1 aliphatic heterocycles. The second-order valence-electron chi connectivity index (χ2n) is 7.06. The van der Waals surface area contributed by atoms with Crippen molar-refractivity contribution in [2.75, 3.05) is 31.6 Å². The summed E-state index contributed by atoms with van der Waals surface area (Å²) in [6.07, 6.45) is 1.21. The summed E-state index contributed by atoms with van der Waals surface area (Å²) in [6.45, 7) is 8.23. The first-order valence-electron chi connectivity index (χ1n) is 9.34. The Balaban J connectivity index is 1.43. The van der Waals surface area contributed by atoms with Crippen LogP contribution in [0.25, 0.3) is 0 Å². The van der Waals surface area contributed by atoms with Crippen LogP contribution in [0.5, 0.6) is 0 Å². The number of benzene rings is 1. The Morgan fingerprint density at radius 2 is 2.12 bits per heavy atom. The van der Waals surface area contributed by atoms with Crippen LogP contribution in [-0.2, 0) is 6.54 Å². The molecule has 1 aliphatic rings. The Morgan fingerprint density at radius 1 is 1.31 bits per heavy atom. The average molecular weight is 372 g/mol. The SMILES string of the molecule is CN=C(NCc1nc(C(C)C)cs1)NCC1CCN(c2ccccc2)C1. The number of thiazole rings is 1. The lowest BCUT2D eigenvalue weighted by Crippen LogP contribution is -2.39. The van der Waals surface area contributed by atoms with Crippen molar-refractivity contribution in [2.45, 2.75) is 32.7 Å². The van der Waals surface area contributed by atoms with Gasteiger partial charge in [-0.1, -0.05) is 32.0 Å². The standard InChI is InChI=1S/C20H29N5S/c1-15(2)18-14-26-19(24-18)12-23-20(21-3)22-11-16-9-10-25(13-16)17-7-5-4-6-8-17/h4-8,14-16H,9-13H2,1-3H3,(H2,21,22,23). The van der Waals surface area contributed by atoms with Crippen LogP contribution in [0.3, 0.4) is 0 Å². The molecule has 1 aromatic heterocycles. The lowest BCUT2D eigenvalue weighted by atomic mass is 10.1. The van der Waals surface area contributed by atoms with Gasteiger partial charge in [0.25, 0.3) is 0 Å². The molecule has 2 N–H and O–H groups in total. The van der Waals surface area contributed by atoms with Crippen LogP contribution in [-0.4, -0.2) is 37.6 Å². The molecule has 0 radical (unpaired) electrons. The van der Waals surface area contributed by atoms with E-state index in [9.17, 15) is 0 Å². The van der Waals surface area contributed by atoms with Crippen molar-refractivity contribution in [2.24, 2.45) is 10.9 Å². The Kier molecular flexibility index (Phi) is 6.50. The summed E-state index contributed by atoms with van der Waals surface area (Å²) in [6, 6.07) is 10.7. The molecule has 0 amide bonds. The largest absolute Gasteiger partial charge is 0.371 e. The number of aliphatic imine (C=N–C) groups is 1. The molecule has 5 nitrogen and oxygen atoms in total. The lowest BCUT2D eigenvalue weighted by Gasteiger charge is -2.19. The summed E-state index contributed by atoms with van der Waals surface area (Å²) >= 11 is 1.71. The highest BCUT2D eigenvalue weighted by Crippen LogP contribution is 2.23. The highest BCUT2D eigenvalue weighted by atomic mass is 32.1. The van der Waals surface area contributed by atoms with Crippen LogP contribution in [0.15, 0.2) is 40.7 Å². The molecule has 1 atom stereocenters. The normalized spacial score (nSPS) is 17.8. The average Bonchev–Trinajstić information content (AvgIpc) is 3.32. The van der Waals surface area contributed by atoms with Gasteiger partial charge in [-0.05, 0) is 30.4 Å². The molecule has 0 aliphatic carbocycles. The maximum Gasteiger partial charge on any atom is 0.191 e. The number of hydrogen-bond acceptors (Lipinski definition) is 4. The molecule has 1 aromatic carbocycles. The fourth-order valence-corrected chi connectivity index (χ4v) is 4.06. The Bertz CT molecular complexity index is 710. The molecular formula is C20H29N5S. The van der Waals surface area contributed by atoms with E-state index in [4.69, 9.17) is 0 Å². The monoisotopic (exact) mass is 371 g/mol. The minimum Gasteiger partial charge on any atom is -0.371 e. The molecule has 2 heterocycles. The van der Waals surface area contributed by atoms with Crippen LogP contribution in [0.4, 0.5) is 5.69 Å². The molecule has 6 heteroatoms. The second-order valence-corrected chi connectivity index (χ2v) is 8.01. The zero-order valence-corrected chi connectivity index (χ0v) is 16.7. The number of para-hydroxylation sites is 1. The van der Waals surface area contributed by atoms with Crippen LogP contribution in [0.1, 0.15) is 36.9 Å². The minimum atomic E-state index is 0.479. The van der Waals surface area contributed by atoms with E-state index in [1.54, 1.807) is 11.3 Å². The zero-order valence-electron chi connectivity index (χ0n) is 15.9. The molecule has 0 spiro atoms. The lowest BCUT2D eigenvalue weighted by molar-refractivity contribution is 0.565. The molecule has 1 saturated heterocycles. The number of rotatable bonds is 6. The number of aromatic nitrogens is 1. The summed E-state index contributed by atoms with van der Waals surface area (Å²) in [5, 5.41) is 10.1. The Morgan fingerprint density at radius 3 is 2.81 bits per heavy atom. The first-order valence-corrected chi connectivity index (χ1v) is 10.2. The van der Waals surface area contributed by atoms with Crippen molar-refractivity contribution in [3.05, 3.63) is 46.4 Å². The maximum absolute atomic E-state index is 4.66. The van der Waals surface area contributed by atoms with Crippen molar-refractivity contribution in [1.82, 2.24) is 15.6 Å². The summed E-state index contributed by atoms with van der Waals surface area (Å²) in [7, 11) is 1.82. The Hall–Kier alpha value is -2.08. The number of guanidine groups is 1. The second kappa shape index (κ2) is 9.03. The Labute approximate surface area is 160 Å². The van der Waals surface area contributed by atoms with E-state index in [2.05, 4.69) is 75.1 Å². The molecule has 26 heavy (non-hydrogen) atoms. The van der Waals surface area contributed by atoms with Gasteiger partial charge >= 0.3 is 0 Å².